The molecule has 0 amide bonds. The minimum Gasteiger partial charge on any atom is -0.328 e. The molecule has 13 heavy (non-hydrogen) atoms. The van der Waals surface area contributed by atoms with Crippen LogP contribution in [0.3, 0.4) is 0 Å². The number of nitrogens with zero attached hydrogens (tertiary/aromatic N) is 1. The maximum atomic E-state index is 6.05. The van der Waals surface area contributed by atoms with Crippen molar-refractivity contribution in [2.24, 2.45) is 11.7 Å². The van der Waals surface area contributed by atoms with E-state index in [9.17, 15) is 0 Å². The third kappa shape index (κ3) is 1.23. The van der Waals surface area contributed by atoms with Gasteiger partial charge in [0.15, 0.2) is 0 Å². The standard InChI is InChI=1S/C11H20N2/c1-7-4-11(7)13-9-2-3-10(13)6-8(12)5-9/h7-11H,2-6,12H2,1H3. The van der Waals surface area contributed by atoms with Crippen LogP contribution in [0.25, 0.3) is 0 Å². The average Bonchev–Trinajstić information content (AvgIpc) is 2.72. The highest BCUT2D eigenvalue weighted by Crippen LogP contribution is 2.45. The van der Waals surface area contributed by atoms with Gasteiger partial charge in [-0.2, -0.15) is 0 Å². The van der Waals surface area contributed by atoms with Crippen LogP contribution < -0.4 is 5.73 Å². The van der Waals surface area contributed by atoms with Crippen LogP contribution in [0.15, 0.2) is 0 Å². The highest BCUT2D eigenvalue weighted by Gasteiger charge is 2.49. The van der Waals surface area contributed by atoms with Crippen molar-refractivity contribution in [3.63, 3.8) is 0 Å². The van der Waals surface area contributed by atoms with E-state index in [2.05, 4.69) is 11.8 Å². The van der Waals surface area contributed by atoms with Crippen molar-refractivity contribution in [3.8, 4) is 0 Å². The molecule has 0 aromatic rings. The first-order valence-electron chi connectivity index (χ1n) is 5.78. The van der Waals surface area contributed by atoms with E-state index in [1.54, 1.807) is 0 Å². The minimum atomic E-state index is 0.503. The largest absolute Gasteiger partial charge is 0.328 e. The van der Waals surface area contributed by atoms with Gasteiger partial charge in [-0.3, -0.25) is 4.90 Å². The second-order valence-electron chi connectivity index (χ2n) is 5.34. The zero-order valence-electron chi connectivity index (χ0n) is 8.45. The summed E-state index contributed by atoms with van der Waals surface area (Å²) < 4.78 is 0. The fraction of sp³-hybridized carbons (Fsp3) is 1.00. The number of nitrogens with two attached hydrogens (primary N) is 1. The number of piperidine rings is 1. The summed E-state index contributed by atoms with van der Waals surface area (Å²) in [6.07, 6.45) is 6.81. The Balaban J connectivity index is 1.76. The lowest BCUT2D eigenvalue weighted by molar-refractivity contribution is 0.114. The first kappa shape index (κ1) is 8.25. The van der Waals surface area contributed by atoms with Gasteiger partial charge in [0.05, 0.1) is 0 Å². The molecule has 2 bridgehead atoms. The smallest absolute Gasteiger partial charge is 0.0130 e. The maximum absolute atomic E-state index is 6.05. The molecule has 0 spiro atoms. The average molecular weight is 180 g/mol. The zero-order chi connectivity index (χ0) is 9.00. The third-order valence-electron chi connectivity index (χ3n) is 4.28. The molecule has 4 atom stereocenters. The van der Waals surface area contributed by atoms with E-state index in [1.807, 2.05) is 0 Å². The molecule has 2 saturated heterocycles. The first-order chi connectivity index (χ1) is 6.25. The molecule has 0 radical (unpaired) electrons. The molecule has 2 heterocycles. The van der Waals surface area contributed by atoms with E-state index in [4.69, 9.17) is 5.73 Å². The van der Waals surface area contributed by atoms with Crippen molar-refractivity contribution in [2.45, 2.75) is 63.2 Å². The van der Waals surface area contributed by atoms with Crippen molar-refractivity contribution < 1.29 is 0 Å². The fourth-order valence-corrected chi connectivity index (χ4v) is 3.51. The Bertz CT molecular complexity index is 202. The fourth-order valence-electron chi connectivity index (χ4n) is 3.51. The molecular formula is C11H20N2. The molecule has 1 aliphatic carbocycles. The summed E-state index contributed by atoms with van der Waals surface area (Å²) in [5.74, 6) is 0.970. The molecular weight excluding hydrogens is 160 g/mol. The van der Waals surface area contributed by atoms with Gasteiger partial charge in [0.1, 0.15) is 0 Å². The lowest BCUT2D eigenvalue weighted by Crippen LogP contribution is -2.48. The van der Waals surface area contributed by atoms with Crippen LogP contribution in [0.5, 0.6) is 0 Å². The summed E-state index contributed by atoms with van der Waals surface area (Å²) in [4.78, 5) is 2.81. The Morgan fingerprint density at radius 2 is 1.62 bits per heavy atom. The van der Waals surface area contributed by atoms with E-state index in [-0.39, 0.29) is 0 Å². The third-order valence-corrected chi connectivity index (χ3v) is 4.28. The monoisotopic (exact) mass is 180 g/mol. The molecule has 0 aromatic carbocycles. The van der Waals surface area contributed by atoms with E-state index in [1.165, 1.54) is 32.1 Å². The number of fused-ring (bicyclic) bond motifs is 2. The maximum Gasteiger partial charge on any atom is 0.0130 e. The Morgan fingerprint density at radius 3 is 2.08 bits per heavy atom. The van der Waals surface area contributed by atoms with Crippen LogP contribution in [0.2, 0.25) is 0 Å². The van der Waals surface area contributed by atoms with E-state index in [0.717, 1.165) is 24.0 Å². The van der Waals surface area contributed by atoms with Crippen molar-refractivity contribution in [3.05, 3.63) is 0 Å². The van der Waals surface area contributed by atoms with Gasteiger partial charge < -0.3 is 5.73 Å². The van der Waals surface area contributed by atoms with Crippen LogP contribution in [-0.4, -0.2) is 29.1 Å². The lowest BCUT2D eigenvalue weighted by atomic mass is 9.98. The molecule has 74 valence electrons. The van der Waals surface area contributed by atoms with Crippen LogP contribution in [-0.2, 0) is 0 Å². The molecule has 3 aliphatic rings. The van der Waals surface area contributed by atoms with Gasteiger partial charge in [0, 0.05) is 24.2 Å². The molecule has 3 fully saturated rings. The summed E-state index contributed by atoms with van der Waals surface area (Å²) >= 11 is 0. The van der Waals surface area contributed by atoms with Crippen LogP contribution in [0, 0.1) is 5.92 Å². The topological polar surface area (TPSA) is 29.3 Å². The lowest BCUT2D eigenvalue weighted by Gasteiger charge is -2.38. The number of hydrogen-bond acceptors (Lipinski definition) is 2. The predicted octanol–water partition coefficient (Wildman–Crippen LogP) is 1.35. The normalized spacial score (nSPS) is 55.4. The van der Waals surface area contributed by atoms with E-state index < -0.39 is 0 Å². The van der Waals surface area contributed by atoms with Crippen molar-refractivity contribution >= 4 is 0 Å². The van der Waals surface area contributed by atoms with Gasteiger partial charge in [-0.15, -0.1) is 0 Å². The Hall–Kier alpha value is -0.0800. The van der Waals surface area contributed by atoms with Gasteiger partial charge >= 0.3 is 0 Å². The van der Waals surface area contributed by atoms with Gasteiger partial charge in [-0.05, 0) is 38.0 Å². The SMILES string of the molecule is CC1CC1N1C2CCC1CC(N)C2. The quantitative estimate of drug-likeness (QED) is 0.660. The molecule has 1 saturated carbocycles. The van der Waals surface area contributed by atoms with Gasteiger partial charge in [-0.25, -0.2) is 0 Å². The van der Waals surface area contributed by atoms with Gasteiger partial charge in [-0.1, -0.05) is 6.92 Å². The molecule has 4 unspecified atom stereocenters. The highest BCUT2D eigenvalue weighted by molar-refractivity contribution is 5.05. The molecule has 2 aliphatic heterocycles. The van der Waals surface area contributed by atoms with E-state index in [0.29, 0.717) is 6.04 Å². The van der Waals surface area contributed by atoms with Gasteiger partial charge in [0.2, 0.25) is 0 Å². The first-order valence-corrected chi connectivity index (χ1v) is 5.78. The Labute approximate surface area is 80.5 Å². The summed E-state index contributed by atoms with van der Waals surface area (Å²) in [7, 11) is 0. The van der Waals surface area contributed by atoms with Crippen molar-refractivity contribution in [2.75, 3.05) is 0 Å². The molecule has 0 aromatic heterocycles. The molecule has 2 heteroatoms. The van der Waals surface area contributed by atoms with Crippen LogP contribution in [0.1, 0.15) is 39.0 Å². The van der Waals surface area contributed by atoms with Crippen molar-refractivity contribution in [1.29, 1.82) is 0 Å². The van der Waals surface area contributed by atoms with E-state index >= 15 is 0 Å². The Kier molecular flexibility index (Phi) is 1.72. The predicted molar refractivity (Wildman–Crippen MR) is 53.4 cm³/mol. The summed E-state index contributed by atoms with van der Waals surface area (Å²) in [6.45, 7) is 2.39. The second kappa shape index (κ2) is 2.71. The number of rotatable bonds is 1. The highest BCUT2D eigenvalue weighted by atomic mass is 15.3. The molecule has 2 N–H and O–H groups in total. The second-order valence-corrected chi connectivity index (χ2v) is 5.34. The Morgan fingerprint density at radius 1 is 1.08 bits per heavy atom. The summed E-state index contributed by atoms with van der Waals surface area (Å²) in [5.41, 5.74) is 6.05. The molecule has 3 rings (SSSR count). The van der Waals surface area contributed by atoms with Crippen LogP contribution >= 0.6 is 0 Å². The van der Waals surface area contributed by atoms with Crippen LogP contribution in [0.4, 0.5) is 0 Å². The number of hydrogen-bond donors (Lipinski definition) is 1. The van der Waals surface area contributed by atoms with Gasteiger partial charge in [0.25, 0.3) is 0 Å². The molecule has 2 nitrogen and oxygen atoms in total. The van der Waals surface area contributed by atoms with Crippen molar-refractivity contribution in [1.82, 2.24) is 4.90 Å². The summed E-state index contributed by atoms with van der Waals surface area (Å²) in [6, 6.07) is 3.14. The minimum absolute atomic E-state index is 0.503. The summed E-state index contributed by atoms with van der Waals surface area (Å²) in [5, 5.41) is 0. The zero-order valence-corrected chi connectivity index (χ0v) is 8.45.